The molecular formula is C28H34N2O3. The van der Waals surface area contributed by atoms with Crippen molar-refractivity contribution in [2.45, 2.75) is 31.3 Å². The van der Waals surface area contributed by atoms with Crippen LogP contribution in [0.15, 0.2) is 72.8 Å². The third-order valence-corrected chi connectivity index (χ3v) is 6.51. The Kier molecular flexibility index (Phi) is 7.74. The molecule has 1 unspecified atom stereocenters. The number of hydrogen-bond donors (Lipinski definition) is 1. The smallest absolute Gasteiger partial charge is 0.164 e. The number of anilines is 1. The normalized spacial score (nSPS) is 15.7. The molecule has 0 radical (unpaired) electrons. The maximum atomic E-state index is 6.46. The quantitative estimate of drug-likeness (QED) is 0.429. The predicted molar refractivity (Wildman–Crippen MR) is 133 cm³/mol. The highest BCUT2D eigenvalue weighted by Crippen LogP contribution is 2.34. The molecule has 5 heteroatoms. The SMILES string of the molecule is COc1ccc(OC(CCN2CCC(c3ccc(N)cc3)CC2)c2ccccc2)cc1OC. The van der Waals surface area contributed by atoms with Crippen LogP contribution in [0.1, 0.15) is 42.4 Å². The lowest BCUT2D eigenvalue weighted by molar-refractivity contribution is 0.147. The molecule has 1 aliphatic heterocycles. The van der Waals surface area contributed by atoms with Gasteiger partial charge in [0.05, 0.1) is 14.2 Å². The van der Waals surface area contributed by atoms with Gasteiger partial charge in [-0.1, -0.05) is 42.5 Å². The monoisotopic (exact) mass is 446 g/mol. The van der Waals surface area contributed by atoms with Crippen LogP contribution in [-0.2, 0) is 0 Å². The first-order chi connectivity index (χ1) is 16.2. The van der Waals surface area contributed by atoms with Gasteiger partial charge in [-0.2, -0.15) is 0 Å². The largest absolute Gasteiger partial charge is 0.493 e. The Morgan fingerprint density at radius 3 is 2.24 bits per heavy atom. The molecule has 0 aromatic heterocycles. The van der Waals surface area contributed by atoms with Crippen LogP contribution in [0.4, 0.5) is 5.69 Å². The van der Waals surface area contributed by atoms with Gasteiger partial charge in [0, 0.05) is 24.7 Å². The summed E-state index contributed by atoms with van der Waals surface area (Å²) in [7, 11) is 3.28. The second-order valence-corrected chi connectivity index (χ2v) is 8.61. The zero-order valence-corrected chi connectivity index (χ0v) is 19.6. The highest BCUT2D eigenvalue weighted by Gasteiger charge is 2.22. The summed E-state index contributed by atoms with van der Waals surface area (Å²) < 4.78 is 17.3. The first kappa shape index (κ1) is 23.0. The van der Waals surface area contributed by atoms with Crippen LogP contribution in [-0.4, -0.2) is 38.8 Å². The number of likely N-dealkylation sites (tertiary alicyclic amines) is 1. The Morgan fingerprint density at radius 1 is 0.879 bits per heavy atom. The van der Waals surface area contributed by atoms with E-state index >= 15 is 0 Å². The molecule has 5 nitrogen and oxygen atoms in total. The molecule has 0 spiro atoms. The van der Waals surface area contributed by atoms with Crippen molar-refractivity contribution in [3.8, 4) is 17.2 Å². The molecule has 33 heavy (non-hydrogen) atoms. The second kappa shape index (κ2) is 11.1. The number of ether oxygens (including phenoxy) is 3. The van der Waals surface area contributed by atoms with Crippen molar-refractivity contribution >= 4 is 5.69 Å². The fourth-order valence-electron chi connectivity index (χ4n) is 4.57. The van der Waals surface area contributed by atoms with E-state index in [1.807, 2.05) is 36.4 Å². The molecule has 1 saturated heterocycles. The van der Waals surface area contributed by atoms with Crippen molar-refractivity contribution in [1.29, 1.82) is 0 Å². The van der Waals surface area contributed by atoms with Crippen LogP contribution in [0.5, 0.6) is 17.2 Å². The molecule has 1 aliphatic rings. The molecule has 3 aromatic carbocycles. The minimum absolute atomic E-state index is 0.0286. The van der Waals surface area contributed by atoms with Crippen LogP contribution < -0.4 is 19.9 Å². The molecule has 0 bridgehead atoms. The van der Waals surface area contributed by atoms with E-state index in [1.54, 1.807) is 14.2 Å². The van der Waals surface area contributed by atoms with Gasteiger partial charge < -0.3 is 24.8 Å². The molecular weight excluding hydrogens is 412 g/mol. The van der Waals surface area contributed by atoms with Gasteiger partial charge in [-0.3, -0.25) is 0 Å². The molecule has 1 heterocycles. The van der Waals surface area contributed by atoms with E-state index in [9.17, 15) is 0 Å². The summed E-state index contributed by atoms with van der Waals surface area (Å²) >= 11 is 0. The number of nitrogens with zero attached hydrogens (tertiary/aromatic N) is 1. The lowest BCUT2D eigenvalue weighted by atomic mass is 9.89. The number of nitrogens with two attached hydrogens (primary N) is 1. The maximum absolute atomic E-state index is 6.46. The van der Waals surface area contributed by atoms with Crippen LogP contribution in [0.2, 0.25) is 0 Å². The van der Waals surface area contributed by atoms with E-state index in [0.717, 1.165) is 37.5 Å². The van der Waals surface area contributed by atoms with Gasteiger partial charge in [-0.15, -0.1) is 0 Å². The lowest BCUT2D eigenvalue weighted by Gasteiger charge is -2.33. The molecule has 0 amide bonds. The van der Waals surface area contributed by atoms with E-state index in [0.29, 0.717) is 17.4 Å². The highest BCUT2D eigenvalue weighted by molar-refractivity contribution is 5.45. The van der Waals surface area contributed by atoms with E-state index in [1.165, 1.54) is 24.0 Å². The Labute approximate surface area is 197 Å². The molecule has 4 rings (SSSR count). The number of methoxy groups -OCH3 is 2. The molecule has 0 aliphatic carbocycles. The van der Waals surface area contributed by atoms with Crippen LogP contribution in [0, 0.1) is 0 Å². The summed E-state index contributed by atoms with van der Waals surface area (Å²) in [5.74, 6) is 2.77. The Morgan fingerprint density at radius 2 is 1.58 bits per heavy atom. The van der Waals surface area contributed by atoms with E-state index in [4.69, 9.17) is 19.9 Å². The average molecular weight is 447 g/mol. The van der Waals surface area contributed by atoms with Gasteiger partial charge in [0.25, 0.3) is 0 Å². The number of nitrogen functional groups attached to an aromatic ring is 1. The molecule has 3 aromatic rings. The minimum atomic E-state index is -0.0286. The van der Waals surface area contributed by atoms with Crippen LogP contribution >= 0.6 is 0 Å². The van der Waals surface area contributed by atoms with Crippen molar-refractivity contribution in [3.05, 3.63) is 83.9 Å². The number of rotatable bonds is 9. The van der Waals surface area contributed by atoms with Gasteiger partial charge in [-0.25, -0.2) is 0 Å². The van der Waals surface area contributed by atoms with Gasteiger partial charge in [0.1, 0.15) is 11.9 Å². The number of hydrogen-bond acceptors (Lipinski definition) is 5. The topological polar surface area (TPSA) is 57.0 Å². The highest BCUT2D eigenvalue weighted by atomic mass is 16.5. The van der Waals surface area contributed by atoms with Crippen molar-refractivity contribution in [2.24, 2.45) is 0 Å². The number of piperidine rings is 1. The zero-order chi connectivity index (χ0) is 23.0. The van der Waals surface area contributed by atoms with Gasteiger partial charge in [-0.05, 0) is 67.2 Å². The van der Waals surface area contributed by atoms with Gasteiger partial charge in [0.15, 0.2) is 11.5 Å². The Balaban J connectivity index is 1.38. The molecule has 1 fully saturated rings. The van der Waals surface area contributed by atoms with Crippen molar-refractivity contribution in [2.75, 3.05) is 39.6 Å². The van der Waals surface area contributed by atoms with Crippen molar-refractivity contribution in [3.63, 3.8) is 0 Å². The standard InChI is InChI=1S/C28H34N2O3/c1-31-27-13-12-25(20-28(27)32-2)33-26(23-6-4-3-5-7-23)16-19-30-17-14-22(15-18-30)21-8-10-24(29)11-9-21/h3-13,20,22,26H,14-19,29H2,1-2H3. The Bertz CT molecular complexity index is 999. The summed E-state index contributed by atoms with van der Waals surface area (Å²) in [5.41, 5.74) is 9.27. The molecule has 2 N–H and O–H groups in total. The van der Waals surface area contributed by atoms with Crippen molar-refractivity contribution in [1.82, 2.24) is 4.90 Å². The van der Waals surface area contributed by atoms with Crippen molar-refractivity contribution < 1.29 is 14.2 Å². The molecule has 0 saturated carbocycles. The summed E-state index contributed by atoms with van der Waals surface area (Å²) in [4.78, 5) is 2.56. The Hall–Kier alpha value is -3.18. The lowest BCUT2D eigenvalue weighted by Crippen LogP contribution is -2.34. The summed E-state index contributed by atoms with van der Waals surface area (Å²) in [5, 5.41) is 0. The molecule has 1 atom stereocenters. The van der Waals surface area contributed by atoms with Crippen LogP contribution in [0.25, 0.3) is 0 Å². The fraction of sp³-hybridized carbons (Fsp3) is 0.357. The van der Waals surface area contributed by atoms with E-state index < -0.39 is 0 Å². The third kappa shape index (κ3) is 5.99. The fourth-order valence-corrected chi connectivity index (χ4v) is 4.57. The zero-order valence-electron chi connectivity index (χ0n) is 19.6. The third-order valence-electron chi connectivity index (χ3n) is 6.51. The van der Waals surface area contributed by atoms with Crippen LogP contribution in [0.3, 0.4) is 0 Å². The first-order valence-electron chi connectivity index (χ1n) is 11.7. The number of benzene rings is 3. The summed E-state index contributed by atoms with van der Waals surface area (Å²) in [6.07, 6.45) is 3.25. The maximum Gasteiger partial charge on any atom is 0.164 e. The summed E-state index contributed by atoms with van der Waals surface area (Å²) in [6, 6.07) is 24.6. The molecule has 174 valence electrons. The second-order valence-electron chi connectivity index (χ2n) is 8.61. The van der Waals surface area contributed by atoms with Gasteiger partial charge >= 0.3 is 0 Å². The van der Waals surface area contributed by atoms with E-state index in [-0.39, 0.29) is 6.10 Å². The van der Waals surface area contributed by atoms with Gasteiger partial charge in [0.2, 0.25) is 0 Å². The van der Waals surface area contributed by atoms with E-state index in [2.05, 4.69) is 41.3 Å². The average Bonchev–Trinajstić information content (AvgIpc) is 2.87. The minimum Gasteiger partial charge on any atom is -0.493 e. The summed E-state index contributed by atoms with van der Waals surface area (Å²) in [6.45, 7) is 3.21. The first-order valence-corrected chi connectivity index (χ1v) is 11.7. The predicted octanol–water partition coefficient (Wildman–Crippen LogP) is 5.68.